The van der Waals surface area contributed by atoms with Crippen LogP contribution in [-0.2, 0) is 11.2 Å². The second-order valence-electron chi connectivity index (χ2n) is 10.1. The van der Waals surface area contributed by atoms with Gasteiger partial charge < -0.3 is 14.7 Å². The molecule has 5 nitrogen and oxygen atoms in total. The monoisotopic (exact) mass is 492 g/mol. The quantitative estimate of drug-likeness (QED) is 0.336. The summed E-state index contributed by atoms with van der Waals surface area (Å²) in [4.78, 5) is 18.4. The van der Waals surface area contributed by atoms with Crippen molar-refractivity contribution in [3.63, 3.8) is 0 Å². The van der Waals surface area contributed by atoms with E-state index in [0.717, 1.165) is 49.8 Å². The van der Waals surface area contributed by atoms with Gasteiger partial charge in [-0.1, -0.05) is 24.3 Å². The van der Waals surface area contributed by atoms with Crippen LogP contribution in [0.1, 0.15) is 55.0 Å². The molecule has 2 heterocycles. The number of piperidine rings is 1. The second kappa shape index (κ2) is 12.3. The highest BCUT2D eigenvalue weighted by molar-refractivity contribution is 5.83. The van der Waals surface area contributed by atoms with Crippen molar-refractivity contribution in [2.45, 2.75) is 51.6 Å². The lowest BCUT2D eigenvalue weighted by Crippen LogP contribution is -2.42. The number of aliphatic carboxylic acids is 1. The number of methoxy groups -OCH3 is 1. The lowest BCUT2D eigenvalue weighted by Gasteiger charge is -2.38. The van der Waals surface area contributed by atoms with Crippen LogP contribution < -0.4 is 4.74 Å². The van der Waals surface area contributed by atoms with Gasteiger partial charge in [-0.05, 0) is 105 Å². The molecular formula is C30H37FN2O3. The van der Waals surface area contributed by atoms with Crippen LogP contribution in [0.5, 0.6) is 5.75 Å². The number of aryl methyl sites for hydroxylation is 2. The zero-order valence-electron chi connectivity index (χ0n) is 21.3. The third kappa shape index (κ3) is 6.61. The lowest BCUT2D eigenvalue weighted by atomic mass is 9.79. The number of benzene rings is 2. The predicted octanol–water partition coefficient (Wildman–Crippen LogP) is 6.39. The van der Waals surface area contributed by atoms with Crippen LogP contribution in [0.15, 0.2) is 54.7 Å². The maximum absolute atomic E-state index is 15.5. The first-order valence-corrected chi connectivity index (χ1v) is 13.0. The number of hydrogen-bond acceptors (Lipinski definition) is 4. The van der Waals surface area contributed by atoms with Gasteiger partial charge in [0.25, 0.3) is 0 Å². The van der Waals surface area contributed by atoms with E-state index < -0.39 is 12.1 Å². The number of carboxylic acids is 1. The van der Waals surface area contributed by atoms with Crippen molar-refractivity contribution in [1.29, 1.82) is 0 Å². The molecule has 1 aliphatic rings. The fourth-order valence-electron chi connectivity index (χ4n) is 5.64. The summed E-state index contributed by atoms with van der Waals surface area (Å²) in [7, 11) is 1.60. The number of hydrogen-bond donors (Lipinski definition) is 1. The summed E-state index contributed by atoms with van der Waals surface area (Å²) in [5.74, 6) is 0.182. The van der Waals surface area contributed by atoms with E-state index in [0.29, 0.717) is 24.2 Å². The number of aromatic nitrogens is 1. The summed E-state index contributed by atoms with van der Waals surface area (Å²) in [6.45, 7) is 4.83. The fourth-order valence-corrected chi connectivity index (χ4v) is 5.64. The van der Waals surface area contributed by atoms with Crippen LogP contribution in [-0.4, -0.2) is 47.7 Å². The Bertz CT molecular complexity index is 1170. The standard InChI is InChI=1S/C30H37FN2O3/c1-21-6-3-4-7-22(21)8-5-16-33-17-14-23(24(20-33)18-30(34)35)9-11-28(31)26-13-15-32-29-12-10-25(36-2)19-27(26)29/h3-4,6-7,10,12-13,15,19,23-24,28H,5,8-9,11,14,16-18,20H2,1-2H3,(H,34,35)/t23-,24+,28?/m1/s1. The Kier molecular flexibility index (Phi) is 8.92. The van der Waals surface area contributed by atoms with Crippen molar-refractivity contribution in [3.8, 4) is 5.75 Å². The summed E-state index contributed by atoms with van der Waals surface area (Å²) < 4.78 is 20.8. The van der Waals surface area contributed by atoms with Gasteiger partial charge in [0.1, 0.15) is 11.9 Å². The molecule has 2 aromatic carbocycles. The van der Waals surface area contributed by atoms with Gasteiger partial charge >= 0.3 is 5.97 Å². The predicted molar refractivity (Wildman–Crippen MR) is 141 cm³/mol. The van der Waals surface area contributed by atoms with Crippen LogP contribution in [0.4, 0.5) is 4.39 Å². The summed E-state index contributed by atoms with van der Waals surface area (Å²) in [5.41, 5.74) is 4.08. The SMILES string of the molecule is COc1ccc2nccc(C(F)CC[C@@H]3CCN(CCCc4ccccc4C)C[C@@H]3CC(=O)O)c2c1. The van der Waals surface area contributed by atoms with E-state index in [1.54, 1.807) is 19.4 Å². The van der Waals surface area contributed by atoms with Crippen molar-refractivity contribution in [2.75, 3.05) is 26.7 Å². The minimum atomic E-state index is -1.12. The molecule has 1 fully saturated rings. The number of carboxylic acid groups (broad SMARTS) is 1. The second-order valence-corrected chi connectivity index (χ2v) is 10.1. The number of nitrogens with zero attached hydrogens (tertiary/aromatic N) is 2. The zero-order valence-corrected chi connectivity index (χ0v) is 21.3. The molecule has 36 heavy (non-hydrogen) atoms. The fraction of sp³-hybridized carbons (Fsp3) is 0.467. The van der Waals surface area contributed by atoms with Gasteiger partial charge in [0.15, 0.2) is 0 Å². The summed E-state index contributed by atoms with van der Waals surface area (Å²) >= 11 is 0. The molecular weight excluding hydrogens is 455 g/mol. The first-order valence-electron chi connectivity index (χ1n) is 13.0. The molecule has 1 unspecified atom stereocenters. The summed E-state index contributed by atoms with van der Waals surface area (Å²) in [6.07, 6.45) is 4.74. The maximum Gasteiger partial charge on any atom is 0.303 e. The number of pyridine rings is 1. The molecule has 0 bridgehead atoms. The normalized spacial score (nSPS) is 19.3. The first kappa shape index (κ1) is 26.1. The van der Waals surface area contributed by atoms with Crippen molar-refractivity contribution in [2.24, 2.45) is 11.8 Å². The molecule has 4 rings (SSSR count). The number of halogens is 1. The van der Waals surface area contributed by atoms with Crippen molar-refractivity contribution >= 4 is 16.9 Å². The lowest BCUT2D eigenvalue weighted by molar-refractivity contribution is -0.139. The molecule has 1 saturated heterocycles. The van der Waals surface area contributed by atoms with Gasteiger partial charge in [-0.15, -0.1) is 0 Å². The number of fused-ring (bicyclic) bond motifs is 1. The minimum absolute atomic E-state index is 0.0520. The molecule has 1 aliphatic heterocycles. The zero-order chi connectivity index (χ0) is 25.5. The molecule has 3 aromatic rings. The first-order chi connectivity index (χ1) is 17.4. The van der Waals surface area contributed by atoms with E-state index >= 15 is 4.39 Å². The van der Waals surface area contributed by atoms with Crippen LogP contribution in [0.3, 0.4) is 0 Å². The van der Waals surface area contributed by atoms with E-state index in [4.69, 9.17) is 4.74 Å². The molecule has 0 saturated carbocycles. The highest BCUT2D eigenvalue weighted by Gasteiger charge is 2.31. The Labute approximate surface area is 213 Å². The third-order valence-electron chi connectivity index (χ3n) is 7.70. The van der Waals surface area contributed by atoms with Gasteiger partial charge in [0, 0.05) is 24.5 Å². The van der Waals surface area contributed by atoms with Crippen LogP contribution in [0, 0.1) is 18.8 Å². The van der Waals surface area contributed by atoms with E-state index in [9.17, 15) is 9.90 Å². The van der Waals surface area contributed by atoms with Gasteiger partial charge in [-0.3, -0.25) is 9.78 Å². The van der Waals surface area contributed by atoms with Crippen LogP contribution in [0.2, 0.25) is 0 Å². The van der Waals surface area contributed by atoms with E-state index in [1.807, 2.05) is 18.2 Å². The van der Waals surface area contributed by atoms with Crippen molar-refractivity contribution in [3.05, 3.63) is 71.4 Å². The molecule has 0 spiro atoms. The average molecular weight is 493 g/mol. The van der Waals surface area contributed by atoms with Gasteiger partial charge in [-0.25, -0.2) is 4.39 Å². The molecule has 0 amide bonds. The maximum atomic E-state index is 15.5. The topological polar surface area (TPSA) is 62.7 Å². The highest BCUT2D eigenvalue weighted by Crippen LogP contribution is 2.36. The minimum Gasteiger partial charge on any atom is -0.497 e. The Morgan fingerprint density at radius 1 is 1.22 bits per heavy atom. The van der Waals surface area contributed by atoms with Crippen LogP contribution in [0.25, 0.3) is 10.9 Å². The Morgan fingerprint density at radius 2 is 2.06 bits per heavy atom. The van der Waals surface area contributed by atoms with E-state index in [1.165, 1.54) is 11.1 Å². The van der Waals surface area contributed by atoms with E-state index in [2.05, 4.69) is 41.1 Å². The molecule has 0 aliphatic carbocycles. The molecule has 192 valence electrons. The van der Waals surface area contributed by atoms with Crippen molar-refractivity contribution in [1.82, 2.24) is 9.88 Å². The van der Waals surface area contributed by atoms with Gasteiger partial charge in [-0.2, -0.15) is 0 Å². The largest absolute Gasteiger partial charge is 0.497 e. The smallest absolute Gasteiger partial charge is 0.303 e. The molecule has 6 heteroatoms. The number of likely N-dealkylation sites (tertiary alicyclic amines) is 1. The van der Waals surface area contributed by atoms with Gasteiger partial charge in [0.2, 0.25) is 0 Å². The van der Waals surface area contributed by atoms with Crippen LogP contribution >= 0.6 is 0 Å². The Hall–Kier alpha value is -2.99. The summed E-state index contributed by atoms with van der Waals surface area (Å²) in [5, 5.41) is 10.3. The number of carbonyl (C=O) groups is 1. The van der Waals surface area contributed by atoms with Gasteiger partial charge in [0.05, 0.1) is 12.6 Å². The summed E-state index contributed by atoms with van der Waals surface area (Å²) in [6, 6.07) is 15.7. The molecule has 1 N–H and O–H groups in total. The van der Waals surface area contributed by atoms with E-state index in [-0.39, 0.29) is 18.3 Å². The number of rotatable bonds is 11. The Morgan fingerprint density at radius 3 is 2.83 bits per heavy atom. The molecule has 0 radical (unpaired) electrons. The Balaban J connectivity index is 1.35. The van der Waals surface area contributed by atoms with Crippen molar-refractivity contribution < 1.29 is 19.0 Å². The number of ether oxygens (including phenoxy) is 1. The highest BCUT2D eigenvalue weighted by atomic mass is 19.1. The number of alkyl halides is 1. The molecule has 1 aromatic heterocycles. The molecule has 3 atom stereocenters. The third-order valence-corrected chi connectivity index (χ3v) is 7.70. The average Bonchev–Trinajstić information content (AvgIpc) is 2.88.